The van der Waals surface area contributed by atoms with Gasteiger partial charge in [-0.05, 0) is 43.2 Å². The molecule has 32 heavy (non-hydrogen) atoms. The molecule has 0 atom stereocenters. The summed E-state index contributed by atoms with van der Waals surface area (Å²) in [7, 11) is -4.25. The van der Waals surface area contributed by atoms with Crippen LogP contribution < -0.4 is 9.46 Å². The molecule has 0 spiro atoms. The maximum atomic E-state index is 13.0. The summed E-state index contributed by atoms with van der Waals surface area (Å²) >= 11 is 0. The van der Waals surface area contributed by atoms with Gasteiger partial charge < -0.3 is 9.64 Å². The summed E-state index contributed by atoms with van der Waals surface area (Å²) in [6.45, 7) is 0.777. The number of hydrogen-bond acceptors (Lipinski definition) is 6. The van der Waals surface area contributed by atoms with Gasteiger partial charge in [0, 0.05) is 31.7 Å². The predicted molar refractivity (Wildman–Crippen MR) is 122 cm³/mol. The zero-order valence-corrected chi connectivity index (χ0v) is 19.8. The highest BCUT2D eigenvalue weighted by molar-refractivity contribution is 7.92. The van der Waals surface area contributed by atoms with Gasteiger partial charge >= 0.3 is 0 Å². The van der Waals surface area contributed by atoms with Gasteiger partial charge in [0.2, 0.25) is 10.0 Å². The normalized spacial score (nSPS) is 15.6. The number of piperidine rings is 1. The van der Waals surface area contributed by atoms with Gasteiger partial charge in [-0.1, -0.05) is 18.2 Å². The fraction of sp³-hybridized carbons (Fsp3) is 0.381. The van der Waals surface area contributed by atoms with Gasteiger partial charge in [0.05, 0.1) is 23.9 Å². The third-order valence-electron chi connectivity index (χ3n) is 5.53. The first-order valence-electron chi connectivity index (χ1n) is 10.0. The smallest absolute Gasteiger partial charge is 0.262 e. The lowest BCUT2D eigenvalue weighted by Gasteiger charge is -2.35. The third-order valence-corrected chi connectivity index (χ3v) is 8.24. The van der Waals surface area contributed by atoms with Crippen LogP contribution in [0.1, 0.15) is 23.2 Å². The monoisotopic (exact) mass is 481 g/mol. The van der Waals surface area contributed by atoms with Crippen LogP contribution in [0.4, 0.5) is 5.69 Å². The summed E-state index contributed by atoms with van der Waals surface area (Å²) in [4.78, 5) is 14.5. The number of rotatable bonds is 7. The van der Waals surface area contributed by atoms with E-state index in [9.17, 15) is 21.6 Å². The van der Waals surface area contributed by atoms with Crippen molar-refractivity contribution in [2.45, 2.75) is 23.8 Å². The number of sulfonamides is 2. The molecule has 0 radical (unpaired) electrons. The molecule has 0 unspecified atom stereocenters. The van der Waals surface area contributed by atoms with Gasteiger partial charge in [0.15, 0.2) is 0 Å². The Morgan fingerprint density at radius 3 is 2.34 bits per heavy atom. The largest absolute Gasteiger partial charge is 0.495 e. The van der Waals surface area contributed by atoms with Crippen molar-refractivity contribution in [1.29, 1.82) is 0 Å². The van der Waals surface area contributed by atoms with E-state index in [1.54, 1.807) is 42.3 Å². The Kier molecular flexibility index (Phi) is 7.11. The van der Waals surface area contributed by atoms with Crippen molar-refractivity contribution >= 4 is 31.6 Å². The number of anilines is 1. The molecular weight excluding hydrogens is 454 g/mol. The minimum atomic E-state index is -3.94. The van der Waals surface area contributed by atoms with Crippen molar-refractivity contribution in [3.63, 3.8) is 0 Å². The molecule has 1 amide bonds. The summed E-state index contributed by atoms with van der Waals surface area (Å²) in [5.41, 5.74) is 0.548. The highest BCUT2D eigenvalue weighted by Crippen LogP contribution is 2.27. The summed E-state index contributed by atoms with van der Waals surface area (Å²) < 4.78 is 58.3. The molecule has 1 aliphatic heterocycles. The van der Waals surface area contributed by atoms with Crippen molar-refractivity contribution < 1.29 is 26.4 Å². The standard InChI is InChI=1S/C21H27N3O6S2/c1-23(31(3,26)27)17-11-13-24(14-12-17)21(25)16-7-6-8-18(15-16)32(28,29)22-19-9-4-5-10-20(19)30-2/h4-10,15,17,22H,11-14H2,1-3H3. The van der Waals surface area contributed by atoms with Crippen LogP contribution in [0.15, 0.2) is 53.4 Å². The molecule has 11 heteroatoms. The maximum absolute atomic E-state index is 13.0. The lowest BCUT2D eigenvalue weighted by molar-refractivity contribution is 0.0686. The fourth-order valence-electron chi connectivity index (χ4n) is 3.61. The maximum Gasteiger partial charge on any atom is 0.262 e. The minimum absolute atomic E-state index is 0.0408. The fourth-order valence-corrected chi connectivity index (χ4v) is 5.48. The summed E-state index contributed by atoms with van der Waals surface area (Å²) in [5.74, 6) is 0.0880. The second-order valence-corrected chi connectivity index (χ2v) is 11.4. The molecule has 0 aliphatic carbocycles. The molecular formula is C21H27N3O6S2. The van der Waals surface area contributed by atoms with Gasteiger partial charge in [-0.3, -0.25) is 9.52 Å². The average molecular weight is 482 g/mol. The lowest BCUT2D eigenvalue weighted by Crippen LogP contribution is -2.47. The van der Waals surface area contributed by atoms with E-state index in [0.717, 1.165) is 6.26 Å². The van der Waals surface area contributed by atoms with E-state index in [0.29, 0.717) is 37.4 Å². The quantitative estimate of drug-likeness (QED) is 0.647. The van der Waals surface area contributed by atoms with Crippen molar-refractivity contribution in [2.24, 2.45) is 0 Å². The Morgan fingerprint density at radius 2 is 1.72 bits per heavy atom. The first-order chi connectivity index (χ1) is 15.0. The van der Waals surface area contributed by atoms with Crippen LogP contribution >= 0.6 is 0 Å². The van der Waals surface area contributed by atoms with Crippen LogP contribution in [-0.2, 0) is 20.0 Å². The molecule has 1 fully saturated rings. The molecule has 1 N–H and O–H groups in total. The van der Waals surface area contributed by atoms with Gasteiger partial charge in [-0.25, -0.2) is 21.1 Å². The third kappa shape index (κ3) is 5.40. The molecule has 3 rings (SSSR count). The number of hydrogen-bond donors (Lipinski definition) is 1. The van der Waals surface area contributed by atoms with Crippen LogP contribution in [0.25, 0.3) is 0 Å². The number of carbonyl (C=O) groups is 1. The number of amides is 1. The molecule has 1 saturated heterocycles. The number of methoxy groups -OCH3 is 1. The van der Waals surface area contributed by atoms with Gasteiger partial charge in [0.1, 0.15) is 5.75 Å². The first-order valence-corrected chi connectivity index (χ1v) is 13.3. The molecule has 1 heterocycles. The minimum Gasteiger partial charge on any atom is -0.495 e. The molecule has 2 aromatic rings. The molecule has 174 valence electrons. The molecule has 0 aromatic heterocycles. The van der Waals surface area contributed by atoms with Crippen LogP contribution in [0.2, 0.25) is 0 Å². The summed E-state index contributed by atoms with van der Waals surface area (Å²) in [6.07, 6.45) is 2.20. The second-order valence-electron chi connectivity index (χ2n) is 7.64. The number of benzene rings is 2. The zero-order chi connectivity index (χ0) is 23.5. The van der Waals surface area contributed by atoms with Gasteiger partial charge in [-0.15, -0.1) is 0 Å². The van der Waals surface area contributed by atoms with Crippen molar-refractivity contribution in [2.75, 3.05) is 38.2 Å². The van der Waals surface area contributed by atoms with Crippen LogP contribution in [0.5, 0.6) is 5.75 Å². The van der Waals surface area contributed by atoms with Crippen LogP contribution in [0.3, 0.4) is 0 Å². The lowest BCUT2D eigenvalue weighted by atomic mass is 10.0. The van der Waals surface area contributed by atoms with E-state index in [1.165, 1.54) is 29.6 Å². The van der Waals surface area contributed by atoms with Gasteiger partial charge in [-0.2, -0.15) is 0 Å². The van der Waals surface area contributed by atoms with Crippen molar-refractivity contribution in [3.05, 3.63) is 54.1 Å². The summed E-state index contributed by atoms with van der Waals surface area (Å²) in [6, 6.07) is 12.3. The number of nitrogens with one attached hydrogen (secondary N) is 1. The molecule has 9 nitrogen and oxygen atoms in total. The Hall–Kier alpha value is -2.63. The number of carbonyl (C=O) groups excluding carboxylic acids is 1. The first kappa shape index (κ1) is 24.0. The number of para-hydroxylation sites is 2. The van der Waals surface area contributed by atoms with E-state index >= 15 is 0 Å². The number of ether oxygens (including phenoxy) is 1. The second kappa shape index (κ2) is 9.47. The van der Waals surface area contributed by atoms with Crippen LogP contribution in [-0.4, -0.2) is 71.5 Å². The number of nitrogens with zero attached hydrogens (tertiary/aromatic N) is 2. The topological polar surface area (TPSA) is 113 Å². The molecule has 2 aromatic carbocycles. The van der Waals surface area contributed by atoms with Crippen LogP contribution in [0, 0.1) is 0 Å². The highest BCUT2D eigenvalue weighted by Gasteiger charge is 2.29. The Balaban J connectivity index is 1.74. The van der Waals surface area contributed by atoms with E-state index < -0.39 is 20.0 Å². The van der Waals surface area contributed by atoms with Gasteiger partial charge in [0.25, 0.3) is 15.9 Å². The van der Waals surface area contributed by atoms with E-state index in [1.807, 2.05) is 0 Å². The molecule has 0 bridgehead atoms. The van der Waals surface area contributed by atoms with Crippen molar-refractivity contribution in [1.82, 2.24) is 9.21 Å². The Morgan fingerprint density at radius 1 is 1.06 bits per heavy atom. The van der Waals surface area contributed by atoms with E-state index in [-0.39, 0.29) is 22.4 Å². The molecule has 1 aliphatic rings. The average Bonchev–Trinajstić information content (AvgIpc) is 2.78. The Bertz CT molecular complexity index is 1190. The van der Waals surface area contributed by atoms with E-state index in [2.05, 4.69) is 4.72 Å². The Labute approximate surface area is 189 Å². The molecule has 0 saturated carbocycles. The SMILES string of the molecule is COc1ccccc1NS(=O)(=O)c1cccc(C(=O)N2CCC(N(C)S(C)(=O)=O)CC2)c1. The van der Waals surface area contributed by atoms with Crippen molar-refractivity contribution in [3.8, 4) is 5.75 Å². The van der Waals surface area contributed by atoms with E-state index in [4.69, 9.17) is 4.74 Å². The number of likely N-dealkylation sites (tertiary alicyclic amines) is 1. The zero-order valence-electron chi connectivity index (χ0n) is 18.2. The highest BCUT2D eigenvalue weighted by atomic mass is 32.2. The predicted octanol–water partition coefficient (Wildman–Crippen LogP) is 1.99. The summed E-state index contributed by atoms with van der Waals surface area (Å²) in [5, 5.41) is 0.